The van der Waals surface area contributed by atoms with Gasteiger partial charge in [0, 0.05) is 22.8 Å². The first-order valence-electron chi connectivity index (χ1n) is 9.41. The van der Waals surface area contributed by atoms with E-state index in [9.17, 15) is 9.59 Å². The third-order valence-corrected chi connectivity index (χ3v) is 5.34. The lowest BCUT2D eigenvalue weighted by molar-refractivity contribution is -0.118. The molecule has 1 aromatic heterocycles. The van der Waals surface area contributed by atoms with Gasteiger partial charge in [-0.2, -0.15) is 0 Å². The second-order valence-electron chi connectivity index (χ2n) is 6.86. The Labute approximate surface area is 178 Å². The number of rotatable bonds is 5. The first kappa shape index (κ1) is 19.8. The van der Waals surface area contributed by atoms with E-state index in [2.05, 4.69) is 5.32 Å². The van der Waals surface area contributed by atoms with Crippen molar-refractivity contribution in [3.8, 4) is 11.4 Å². The normalized spacial score (nSPS) is 10.9. The number of benzene rings is 3. The fourth-order valence-corrected chi connectivity index (χ4v) is 3.62. The highest BCUT2D eigenvalue weighted by molar-refractivity contribution is 6.35. The predicted molar refractivity (Wildman–Crippen MR) is 119 cm³/mol. The summed E-state index contributed by atoms with van der Waals surface area (Å²) < 4.78 is 8.94. The van der Waals surface area contributed by atoms with Crippen LogP contribution in [0.25, 0.3) is 16.5 Å². The summed E-state index contributed by atoms with van der Waals surface area (Å²) in [6, 6.07) is 20.3. The van der Waals surface area contributed by atoms with E-state index >= 15 is 0 Å². The molecule has 0 bridgehead atoms. The molecule has 30 heavy (non-hydrogen) atoms. The summed E-state index contributed by atoms with van der Waals surface area (Å²) in [4.78, 5) is 25.4. The first-order valence-corrected chi connectivity index (χ1v) is 9.79. The van der Waals surface area contributed by atoms with Crippen LogP contribution in [0.2, 0.25) is 5.02 Å². The minimum Gasteiger partial charge on any atom is -0.483 e. The standard InChI is InChI=1S/C23H20ClN3O3/c1-15-22(23(29)27(26(15)2)16-8-4-3-5-9-16)25-21(28)14-30-20-13-12-19(24)17-10-6-7-11-18(17)20/h3-13H,14H2,1-2H3,(H,25,28). The number of para-hydroxylation sites is 1. The Morgan fingerprint density at radius 1 is 1.00 bits per heavy atom. The van der Waals surface area contributed by atoms with Crippen molar-refractivity contribution in [2.24, 2.45) is 7.05 Å². The van der Waals surface area contributed by atoms with E-state index in [1.807, 2.05) is 54.6 Å². The molecule has 0 aliphatic heterocycles. The Kier molecular flexibility index (Phi) is 5.33. The molecule has 3 aromatic carbocycles. The van der Waals surface area contributed by atoms with Crippen LogP contribution in [0.3, 0.4) is 0 Å². The Morgan fingerprint density at radius 3 is 2.40 bits per heavy atom. The van der Waals surface area contributed by atoms with Crippen molar-refractivity contribution in [3.63, 3.8) is 0 Å². The molecule has 1 heterocycles. The van der Waals surface area contributed by atoms with Crippen molar-refractivity contribution >= 4 is 34.0 Å². The number of hydrogen-bond acceptors (Lipinski definition) is 3. The van der Waals surface area contributed by atoms with Crippen LogP contribution in [0.5, 0.6) is 5.75 Å². The van der Waals surface area contributed by atoms with Crippen LogP contribution in [0.15, 0.2) is 71.5 Å². The van der Waals surface area contributed by atoms with Gasteiger partial charge in [0.25, 0.3) is 11.5 Å². The maximum Gasteiger partial charge on any atom is 0.295 e. The SMILES string of the molecule is Cc1c(NC(=O)COc2ccc(Cl)c3ccccc23)c(=O)n(-c2ccccc2)n1C. The minimum atomic E-state index is -0.417. The van der Waals surface area contributed by atoms with Gasteiger partial charge in [0.15, 0.2) is 6.61 Å². The van der Waals surface area contributed by atoms with Crippen molar-refractivity contribution in [2.45, 2.75) is 6.92 Å². The second-order valence-corrected chi connectivity index (χ2v) is 7.27. The Hall–Kier alpha value is -3.51. The van der Waals surface area contributed by atoms with E-state index in [0.717, 1.165) is 16.5 Å². The fraction of sp³-hybridized carbons (Fsp3) is 0.130. The minimum absolute atomic E-state index is 0.231. The Bertz CT molecular complexity index is 1290. The molecule has 0 saturated heterocycles. The number of hydrogen-bond donors (Lipinski definition) is 1. The lowest BCUT2D eigenvalue weighted by atomic mass is 10.1. The van der Waals surface area contributed by atoms with E-state index in [1.54, 1.807) is 30.8 Å². The third kappa shape index (κ3) is 3.57. The number of anilines is 1. The highest BCUT2D eigenvalue weighted by Crippen LogP contribution is 2.31. The molecule has 7 heteroatoms. The van der Waals surface area contributed by atoms with Gasteiger partial charge in [-0.1, -0.05) is 54.1 Å². The molecule has 4 aromatic rings. The van der Waals surface area contributed by atoms with Gasteiger partial charge in [-0.3, -0.25) is 14.3 Å². The Balaban J connectivity index is 1.55. The van der Waals surface area contributed by atoms with Gasteiger partial charge < -0.3 is 10.1 Å². The number of aromatic nitrogens is 2. The predicted octanol–water partition coefficient (Wildman–Crippen LogP) is 4.31. The second kappa shape index (κ2) is 8.08. The van der Waals surface area contributed by atoms with E-state index < -0.39 is 5.91 Å². The molecule has 6 nitrogen and oxygen atoms in total. The summed E-state index contributed by atoms with van der Waals surface area (Å²) in [5.41, 5.74) is 1.30. The number of fused-ring (bicyclic) bond motifs is 1. The van der Waals surface area contributed by atoms with Gasteiger partial charge in [-0.05, 0) is 31.2 Å². The first-order chi connectivity index (χ1) is 14.5. The smallest absolute Gasteiger partial charge is 0.295 e. The largest absolute Gasteiger partial charge is 0.483 e. The zero-order valence-corrected chi connectivity index (χ0v) is 17.3. The van der Waals surface area contributed by atoms with E-state index in [0.29, 0.717) is 16.5 Å². The lowest BCUT2D eigenvalue weighted by Gasteiger charge is -2.10. The molecule has 0 aliphatic carbocycles. The molecule has 0 atom stereocenters. The van der Waals surface area contributed by atoms with Crippen LogP contribution in [0, 0.1) is 6.92 Å². The molecule has 1 N–H and O–H groups in total. The molecule has 1 amide bonds. The zero-order valence-electron chi connectivity index (χ0n) is 16.6. The van der Waals surface area contributed by atoms with Crippen molar-refractivity contribution < 1.29 is 9.53 Å². The maximum atomic E-state index is 12.9. The number of nitrogens with zero attached hydrogens (tertiary/aromatic N) is 2. The van der Waals surface area contributed by atoms with Crippen LogP contribution >= 0.6 is 11.6 Å². The highest BCUT2D eigenvalue weighted by Gasteiger charge is 2.18. The van der Waals surface area contributed by atoms with E-state index in [1.165, 1.54) is 4.68 Å². The monoisotopic (exact) mass is 421 g/mol. The summed E-state index contributed by atoms with van der Waals surface area (Å²) in [5, 5.41) is 4.98. The maximum absolute atomic E-state index is 12.9. The third-order valence-electron chi connectivity index (χ3n) is 5.01. The molecule has 0 fully saturated rings. The quantitative estimate of drug-likeness (QED) is 0.522. The highest BCUT2D eigenvalue weighted by atomic mass is 35.5. The van der Waals surface area contributed by atoms with Gasteiger partial charge in [-0.25, -0.2) is 4.68 Å². The van der Waals surface area contributed by atoms with E-state index in [4.69, 9.17) is 16.3 Å². The van der Waals surface area contributed by atoms with Crippen molar-refractivity contribution in [2.75, 3.05) is 11.9 Å². The average molecular weight is 422 g/mol. The van der Waals surface area contributed by atoms with Crippen LogP contribution in [-0.2, 0) is 11.8 Å². The van der Waals surface area contributed by atoms with Crippen LogP contribution in [-0.4, -0.2) is 21.9 Å². The summed E-state index contributed by atoms with van der Waals surface area (Å²) in [6.07, 6.45) is 0. The van der Waals surface area contributed by atoms with Crippen LogP contribution in [0.4, 0.5) is 5.69 Å². The molecular weight excluding hydrogens is 402 g/mol. The number of ether oxygens (including phenoxy) is 1. The van der Waals surface area contributed by atoms with E-state index in [-0.39, 0.29) is 17.9 Å². The van der Waals surface area contributed by atoms with Gasteiger partial charge in [0.05, 0.1) is 11.4 Å². The number of amides is 1. The Morgan fingerprint density at radius 2 is 1.67 bits per heavy atom. The number of carbonyl (C=O) groups is 1. The molecule has 0 unspecified atom stereocenters. The van der Waals surface area contributed by atoms with Crippen molar-refractivity contribution in [1.29, 1.82) is 0 Å². The summed E-state index contributed by atoms with van der Waals surface area (Å²) >= 11 is 6.23. The zero-order chi connectivity index (χ0) is 21.3. The molecule has 152 valence electrons. The molecular formula is C23H20ClN3O3. The number of carbonyl (C=O) groups excluding carboxylic acids is 1. The van der Waals surface area contributed by atoms with Gasteiger partial charge in [-0.15, -0.1) is 0 Å². The van der Waals surface area contributed by atoms with Gasteiger partial charge >= 0.3 is 0 Å². The molecule has 0 spiro atoms. The topological polar surface area (TPSA) is 65.3 Å². The van der Waals surface area contributed by atoms with Gasteiger partial charge in [0.2, 0.25) is 0 Å². The molecule has 0 saturated carbocycles. The number of nitrogens with one attached hydrogen (secondary N) is 1. The molecule has 0 aliphatic rings. The molecule has 4 rings (SSSR count). The van der Waals surface area contributed by atoms with Crippen LogP contribution in [0.1, 0.15) is 5.69 Å². The summed E-state index contributed by atoms with van der Waals surface area (Å²) in [7, 11) is 1.77. The molecule has 0 radical (unpaired) electrons. The van der Waals surface area contributed by atoms with Crippen LogP contribution < -0.4 is 15.6 Å². The van der Waals surface area contributed by atoms with Gasteiger partial charge in [0.1, 0.15) is 11.4 Å². The average Bonchev–Trinajstić information content (AvgIpc) is 2.97. The lowest BCUT2D eigenvalue weighted by Crippen LogP contribution is -2.25. The number of halogens is 1. The summed E-state index contributed by atoms with van der Waals surface area (Å²) in [6.45, 7) is 1.55. The van der Waals surface area contributed by atoms with Crippen molar-refractivity contribution in [3.05, 3.63) is 87.8 Å². The fourth-order valence-electron chi connectivity index (χ4n) is 3.39. The summed E-state index contributed by atoms with van der Waals surface area (Å²) in [5.74, 6) is 0.136. The van der Waals surface area contributed by atoms with Crippen molar-refractivity contribution in [1.82, 2.24) is 9.36 Å².